The molecule has 0 aliphatic carbocycles. The van der Waals surface area contributed by atoms with Crippen LogP contribution in [0.3, 0.4) is 0 Å². The van der Waals surface area contributed by atoms with Gasteiger partial charge in [-0.2, -0.15) is 0 Å². The molecule has 1 aromatic heterocycles. The predicted molar refractivity (Wildman–Crippen MR) is 122 cm³/mol. The van der Waals surface area contributed by atoms with Gasteiger partial charge < -0.3 is 24.0 Å². The Bertz CT molecular complexity index is 1100. The molecule has 0 spiro atoms. The van der Waals surface area contributed by atoms with E-state index in [0.717, 1.165) is 41.5 Å². The molecule has 1 amide bonds. The van der Waals surface area contributed by atoms with Crippen LogP contribution in [0.4, 0.5) is 5.69 Å². The van der Waals surface area contributed by atoms with Crippen molar-refractivity contribution in [1.82, 2.24) is 19.9 Å². The van der Waals surface area contributed by atoms with Crippen molar-refractivity contribution in [2.75, 3.05) is 45.3 Å². The smallest absolute Gasteiger partial charge is 0.276 e. The maximum atomic E-state index is 13.2. The van der Waals surface area contributed by atoms with Gasteiger partial charge in [0.2, 0.25) is 0 Å². The van der Waals surface area contributed by atoms with Crippen LogP contribution in [0.2, 0.25) is 0 Å². The first-order valence-electron chi connectivity index (χ1n) is 11.0. The predicted octanol–water partition coefficient (Wildman–Crippen LogP) is 2.53. The number of nitrogens with zero attached hydrogens (tertiary/aromatic N) is 5. The van der Waals surface area contributed by atoms with E-state index in [0.29, 0.717) is 31.9 Å². The zero-order valence-corrected chi connectivity index (χ0v) is 18.8. The lowest BCUT2D eigenvalue weighted by atomic mass is 10.1. The molecule has 5 rings (SSSR count). The lowest BCUT2D eigenvalue weighted by Gasteiger charge is -2.36. The SMILES string of the molecule is COc1ccc([C@H]2Cn3nnc(C(=O)N4CCN(c5ccc(OC)cc5)CC4)c3CO2)cc1. The summed E-state index contributed by atoms with van der Waals surface area (Å²) in [5, 5.41) is 8.47. The van der Waals surface area contributed by atoms with Crippen molar-refractivity contribution in [2.24, 2.45) is 0 Å². The molecular formula is C24H27N5O4. The van der Waals surface area contributed by atoms with Crippen molar-refractivity contribution < 1.29 is 19.0 Å². The van der Waals surface area contributed by atoms with Gasteiger partial charge in [0.05, 0.1) is 33.1 Å². The van der Waals surface area contributed by atoms with Crippen molar-refractivity contribution in [3.05, 3.63) is 65.5 Å². The van der Waals surface area contributed by atoms with Crippen molar-refractivity contribution >= 4 is 11.6 Å². The van der Waals surface area contributed by atoms with E-state index in [4.69, 9.17) is 14.2 Å². The molecule has 0 saturated carbocycles. The zero-order chi connectivity index (χ0) is 22.8. The highest BCUT2D eigenvalue weighted by molar-refractivity contribution is 5.93. The summed E-state index contributed by atoms with van der Waals surface area (Å²) < 4.78 is 18.3. The fourth-order valence-electron chi connectivity index (χ4n) is 4.31. The third-order valence-corrected chi connectivity index (χ3v) is 6.29. The van der Waals surface area contributed by atoms with E-state index in [1.165, 1.54) is 0 Å². The standard InChI is InChI=1S/C24H27N5O4/c1-31-19-7-3-17(4-8-19)22-15-29-21(16-33-22)23(25-26-29)24(30)28-13-11-27(12-14-28)18-5-9-20(32-2)10-6-18/h3-10,22H,11-16H2,1-2H3/t22-/m1/s1. The number of hydrogen-bond donors (Lipinski definition) is 0. The van der Waals surface area contributed by atoms with E-state index in [2.05, 4.69) is 15.2 Å². The fraction of sp³-hybridized carbons (Fsp3) is 0.375. The van der Waals surface area contributed by atoms with Gasteiger partial charge in [-0.25, -0.2) is 4.68 Å². The van der Waals surface area contributed by atoms with Gasteiger partial charge in [0.15, 0.2) is 5.69 Å². The summed E-state index contributed by atoms with van der Waals surface area (Å²) in [6, 6.07) is 15.8. The highest BCUT2D eigenvalue weighted by Crippen LogP contribution is 2.29. The minimum Gasteiger partial charge on any atom is -0.497 e. The number of carbonyl (C=O) groups is 1. The molecule has 0 bridgehead atoms. The normalized spacial score (nSPS) is 18.1. The quantitative estimate of drug-likeness (QED) is 0.592. The molecule has 3 aromatic rings. The Morgan fingerprint density at radius 3 is 2.21 bits per heavy atom. The van der Waals surface area contributed by atoms with Gasteiger partial charge in [-0.05, 0) is 42.0 Å². The number of methoxy groups -OCH3 is 2. The molecular weight excluding hydrogens is 422 g/mol. The summed E-state index contributed by atoms with van der Waals surface area (Å²) in [4.78, 5) is 17.3. The topological polar surface area (TPSA) is 82.0 Å². The van der Waals surface area contributed by atoms with Crippen LogP contribution >= 0.6 is 0 Å². The van der Waals surface area contributed by atoms with E-state index in [9.17, 15) is 4.79 Å². The molecule has 33 heavy (non-hydrogen) atoms. The fourth-order valence-corrected chi connectivity index (χ4v) is 4.31. The van der Waals surface area contributed by atoms with Gasteiger partial charge in [0, 0.05) is 31.9 Å². The molecule has 172 valence electrons. The summed E-state index contributed by atoms with van der Waals surface area (Å²) in [5.74, 6) is 1.55. The van der Waals surface area contributed by atoms with Crippen LogP contribution in [0.15, 0.2) is 48.5 Å². The monoisotopic (exact) mass is 449 g/mol. The lowest BCUT2D eigenvalue weighted by Crippen LogP contribution is -2.49. The van der Waals surface area contributed by atoms with Gasteiger partial charge in [-0.15, -0.1) is 5.10 Å². The van der Waals surface area contributed by atoms with Gasteiger partial charge in [0.25, 0.3) is 5.91 Å². The van der Waals surface area contributed by atoms with Gasteiger partial charge in [-0.1, -0.05) is 17.3 Å². The second kappa shape index (κ2) is 9.11. The van der Waals surface area contributed by atoms with E-state index >= 15 is 0 Å². The molecule has 2 aliphatic heterocycles. The molecule has 0 N–H and O–H groups in total. The Balaban J connectivity index is 1.22. The van der Waals surface area contributed by atoms with Crippen LogP contribution in [-0.4, -0.2) is 66.2 Å². The molecule has 3 heterocycles. The van der Waals surface area contributed by atoms with E-state index < -0.39 is 0 Å². The van der Waals surface area contributed by atoms with Crippen LogP contribution < -0.4 is 14.4 Å². The number of rotatable bonds is 5. The minimum absolute atomic E-state index is 0.0860. The zero-order valence-electron chi connectivity index (χ0n) is 18.8. The van der Waals surface area contributed by atoms with E-state index in [1.807, 2.05) is 53.4 Å². The number of aromatic nitrogens is 3. The maximum Gasteiger partial charge on any atom is 0.276 e. The molecule has 1 saturated heterocycles. The Morgan fingerprint density at radius 2 is 1.58 bits per heavy atom. The average molecular weight is 450 g/mol. The van der Waals surface area contributed by atoms with Crippen LogP contribution in [0.5, 0.6) is 11.5 Å². The van der Waals surface area contributed by atoms with E-state index in [1.54, 1.807) is 18.9 Å². The first-order chi connectivity index (χ1) is 16.2. The Morgan fingerprint density at radius 1 is 0.939 bits per heavy atom. The van der Waals surface area contributed by atoms with Crippen molar-refractivity contribution in [3.63, 3.8) is 0 Å². The lowest BCUT2D eigenvalue weighted by molar-refractivity contribution is -0.00198. The number of amides is 1. The molecule has 1 fully saturated rings. The summed E-state index contributed by atoms with van der Waals surface area (Å²) in [6.45, 7) is 3.61. The second-order valence-corrected chi connectivity index (χ2v) is 8.12. The Hall–Kier alpha value is -3.59. The molecule has 2 aromatic carbocycles. The molecule has 0 radical (unpaired) electrons. The van der Waals surface area contributed by atoms with Crippen molar-refractivity contribution in [3.8, 4) is 11.5 Å². The van der Waals surface area contributed by atoms with Gasteiger partial charge >= 0.3 is 0 Å². The largest absolute Gasteiger partial charge is 0.497 e. The Labute approximate surface area is 192 Å². The molecule has 2 aliphatic rings. The number of benzene rings is 2. The summed E-state index contributed by atoms with van der Waals surface area (Å²) in [7, 11) is 3.30. The average Bonchev–Trinajstić information content (AvgIpc) is 3.32. The number of piperazine rings is 1. The summed E-state index contributed by atoms with van der Waals surface area (Å²) >= 11 is 0. The number of hydrogen-bond acceptors (Lipinski definition) is 7. The van der Waals surface area contributed by atoms with Crippen LogP contribution in [-0.2, 0) is 17.9 Å². The van der Waals surface area contributed by atoms with E-state index in [-0.39, 0.29) is 12.0 Å². The highest BCUT2D eigenvalue weighted by atomic mass is 16.5. The summed E-state index contributed by atoms with van der Waals surface area (Å²) in [5.41, 5.74) is 3.30. The van der Waals surface area contributed by atoms with Crippen LogP contribution in [0.1, 0.15) is 27.8 Å². The molecule has 9 nitrogen and oxygen atoms in total. The number of ether oxygens (including phenoxy) is 3. The van der Waals surface area contributed by atoms with Gasteiger partial charge in [-0.3, -0.25) is 4.79 Å². The summed E-state index contributed by atoms with van der Waals surface area (Å²) in [6.07, 6.45) is -0.138. The van der Waals surface area contributed by atoms with Crippen molar-refractivity contribution in [2.45, 2.75) is 19.3 Å². The highest BCUT2D eigenvalue weighted by Gasteiger charge is 2.31. The molecule has 0 unspecified atom stereocenters. The first-order valence-corrected chi connectivity index (χ1v) is 11.0. The van der Waals surface area contributed by atoms with Crippen molar-refractivity contribution in [1.29, 1.82) is 0 Å². The van der Waals surface area contributed by atoms with Crippen LogP contribution in [0.25, 0.3) is 0 Å². The second-order valence-electron chi connectivity index (χ2n) is 8.12. The van der Waals surface area contributed by atoms with Gasteiger partial charge in [0.1, 0.15) is 17.6 Å². The third-order valence-electron chi connectivity index (χ3n) is 6.29. The number of carbonyl (C=O) groups excluding carboxylic acids is 1. The Kier molecular flexibility index (Phi) is 5.87. The maximum absolute atomic E-state index is 13.2. The molecule has 1 atom stereocenters. The third kappa shape index (κ3) is 4.23. The van der Waals surface area contributed by atoms with Crippen LogP contribution in [0, 0.1) is 0 Å². The number of fused-ring (bicyclic) bond motifs is 1. The minimum atomic E-state index is -0.138. The molecule has 9 heteroatoms. The first kappa shape index (κ1) is 21.3. The number of anilines is 1.